The molecule has 0 aliphatic rings. The largest absolute Gasteiger partial charge is 0.313 e. The zero-order valence-electron chi connectivity index (χ0n) is 9.55. The van der Waals surface area contributed by atoms with Gasteiger partial charge in [-0.3, -0.25) is 0 Å². The van der Waals surface area contributed by atoms with Gasteiger partial charge in [-0.15, -0.1) is 0 Å². The molecule has 0 amide bonds. The number of rotatable bonds is 4. The van der Waals surface area contributed by atoms with E-state index in [0.29, 0.717) is 6.04 Å². The van der Waals surface area contributed by atoms with E-state index >= 15 is 0 Å². The second-order valence-electron chi connectivity index (χ2n) is 3.70. The first-order valence-corrected chi connectivity index (χ1v) is 5.22. The Hall–Kier alpha value is -1.15. The van der Waals surface area contributed by atoms with Crippen LogP contribution in [0.1, 0.15) is 19.4 Å². The number of halogens is 1. The first kappa shape index (κ1) is 11.9. The first-order valence-electron chi connectivity index (χ1n) is 5.22. The molecule has 0 heterocycles. The quantitative estimate of drug-likeness (QED) is 0.748. The van der Waals surface area contributed by atoms with Gasteiger partial charge in [0, 0.05) is 6.04 Å². The van der Waals surface area contributed by atoms with Crippen LogP contribution in [-0.2, 0) is 6.42 Å². The third kappa shape index (κ3) is 3.48. The van der Waals surface area contributed by atoms with Gasteiger partial charge in [-0.1, -0.05) is 23.8 Å². The highest BCUT2D eigenvalue weighted by molar-refractivity contribution is 5.20. The summed E-state index contributed by atoms with van der Waals surface area (Å²) in [5.74, 6) is -0.178. The summed E-state index contributed by atoms with van der Waals surface area (Å²) in [5.41, 5.74) is 2.46. The number of allylic oxidation sites excluding steroid dienone is 1. The molecule has 1 N–H and O–H groups in total. The standard InChI is InChI=1S/C13H18FN/c1-4-10(2)13(15-3)9-11-5-7-12(14)8-6-11/h4-8,13,15H,9H2,1-3H3/b10-4-. The van der Waals surface area contributed by atoms with Gasteiger partial charge in [-0.25, -0.2) is 4.39 Å². The first-order chi connectivity index (χ1) is 7.17. The molecule has 0 saturated carbocycles. The van der Waals surface area contributed by atoms with Crippen molar-refractivity contribution in [3.05, 3.63) is 47.3 Å². The Kier molecular flexibility index (Phi) is 4.50. The Morgan fingerprint density at radius 2 is 2.00 bits per heavy atom. The van der Waals surface area contributed by atoms with Gasteiger partial charge in [-0.05, 0) is 45.0 Å². The summed E-state index contributed by atoms with van der Waals surface area (Å²) in [6, 6.07) is 7.02. The van der Waals surface area contributed by atoms with Crippen molar-refractivity contribution >= 4 is 0 Å². The van der Waals surface area contributed by atoms with E-state index in [0.717, 1.165) is 12.0 Å². The lowest BCUT2D eigenvalue weighted by Crippen LogP contribution is -2.28. The average molecular weight is 207 g/mol. The zero-order valence-corrected chi connectivity index (χ0v) is 9.55. The maximum Gasteiger partial charge on any atom is 0.123 e. The van der Waals surface area contributed by atoms with Crippen LogP contribution in [0.3, 0.4) is 0 Å². The monoisotopic (exact) mass is 207 g/mol. The van der Waals surface area contributed by atoms with E-state index in [4.69, 9.17) is 0 Å². The second-order valence-corrected chi connectivity index (χ2v) is 3.70. The molecule has 0 fully saturated rings. The van der Waals surface area contributed by atoms with Crippen LogP contribution in [0.15, 0.2) is 35.9 Å². The number of nitrogens with one attached hydrogen (secondary N) is 1. The van der Waals surface area contributed by atoms with Crippen molar-refractivity contribution in [1.82, 2.24) is 5.32 Å². The predicted molar refractivity (Wildman–Crippen MR) is 62.4 cm³/mol. The molecule has 0 aliphatic carbocycles. The van der Waals surface area contributed by atoms with Crippen molar-refractivity contribution in [2.24, 2.45) is 0 Å². The van der Waals surface area contributed by atoms with Gasteiger partial charge in [0.25, 0.3) is 0 Å². The van der Waals surface area contributed by atoms with E-state index in [1.807, 2.05) is 26.1 Å². The van der Waals surface area contributed by atoms with E-state index in [9.17, 15) is 4.39 Å². The second kappa shape index (κ2) is 5.66. The minimum atomic E-state index is -0.178. The lowest BCUT2D eigenvalue weighted by Gasteiger charge is -2.16. The molecular formula is C13H18FN. The SMILES string of the molecule is C/C=C(/C)C(Cc1ccc(F)cc1)NC. The topological polar surface area (TPSA) is 12.0 Å². The highest BCUT2D eigenvalue weighted by atomic mass is 19.1. The summed E-state index contributed by atoms with van der Waals surface area (Å²) in [6.45, 7) is 4.13. The molecule has 0 spiro atoms. The summed E-state index contributed by atoms with van der Waals surface area (Å²) in [6.07, 6.45) is 3.00. The number of likely N-dealkylation sites (N-methyl/N-ethyl adjacent to an activating group) is 1. The fourth-order valence-corrected chi connectivity index (χ4v) is 1.55. The van der Waals surface area contributed by atoms with E-state index in [1.165, 1.54) is 17.7 Å². The fraction of sp³-hybridized carbons (Fsp3) is 0.385. The molecule has 15 heavy (non-hydrogen) atoms. The maximum atomic E-state index is 12.7. The minimum Gasteiger partial charge on any atom is -0.313 e. The van der Waals surface area contributed by atoms with Gasteiger partial charge < -0.3 is 5.32 Å². The van der Waals surface area contributed by atoms with Crippen LogP contribution < -0.4 is 5.32 Å². The van der Waals surface area contributed by atoms with Crippen LogP contribution in [0, 0.1) is 5.82 Å². The van der Waals surface area contributed by atoms with Crippen LogP contribution in [-0.4, -0.2) is 13.1 Å². The van der Waals surface area contributed by atoms with Crippen molar-refractivity contribution < 1.29 is 4.39 Å². The maximum absolute atomic E-state index is 12.7. The summed E-state index contributed by atoms with van der Waals surface area (Å²) in [5, 5.41) is 3.25. The van der Waals surface area contributed by atoms with Crippen LogP contribution in [0.5, 0.6) is 0 Å². The highest BCUT2D eigenvalue weighted by Crippen LogP contribution is 2.10. The molecule has 1 unspecified atom stereocenters. The van der Waals surface area contributed by atoms with E-state index < -0.39 is 0 Å². The van der Waals surface area contributed by atoms with Gasteiger partial charge in [0.1, 0.15) is 5.82 Å². The Morgan fingerprint density at radius 1 is 1.40 bits per heavy atom. The van der Waals surface area contributed by atoms with Crippen LogP contribution in [0.25, 0.3) is 0 Å². The van der Waals surface area contributed by atoms with E-state index in [1.54, 1.807) is 0 Å². The Balaban J connectivity index is 2.71. The summed E-state index contributed by atoms with van der Waals surface area (Å²) < 4.78 is 12.7. The molecule has 0 aromatic heterocycles. The van der Waals surface area contributed by atoms with Gasteiger partial charge in [-0.2, -0.15) is 0 Å². The number of hydrogen-bond acceptors (Lipinski definition) is 1. The van der Waals surface area contributed by atoms with Crippen molar-refractivity contribution in [2.45, 2.75) is 26.3 Å². The third-order valence-electron chi connectivity index (χ3n) is 2.71. The molecule has 0 radical (unpaired) electrons. The van der Waals surface area contributed by atoms with Crippen LogP contribution in [0.4, 0.5) is 4.39 Å². The van der Waals surface area contributed by atoms with Crippen molar-refractivity contribution in [3.63, 3.8) is 0 Å². The van der Waals surface area contributed by atoms with Gasteiger partial charge in [0.05, 0.1) is 0 Å². The van der Waals surface area contributed by atoms with Crippen LogP contribution in [0.2, 0.25) is 0 Å². The van der Waals surface area contributed by atoms with Gasteiger partial charge in [0.15, 0.2) is 0 Å². The van der Waals surface area contributed by atoms with Gasteiger partial charge in [0.2, 0.25) is 0 Å². The lowest BCUT2D eigenvalue weighted by atomic mass is 10.00. The molecule has 0 saturated heterocycles. The Morgan fingerprint density at radius 3 is 2.47 bits per heavy atom. The van der Waals surface area contributed by atoms with Crippen molar-refractivity contribution in [1.29, 1.82) is 0 Å². The average Bonchev–Trinajstić information content (AvgIpc) is 2.27. The number of benzene rings is 1. The van der Waals surface area contributed by atoms with E-state index in [-0.39, 0.29) is 5.82 Å². The molecule has 0 aliphatic heterocycles. The predicted octanol–water partition coefficient (Wildman–Crippen LogP) is 2.92. The molecular weight excluding hydrogens is 189 g/mol. The minimum absolute atomic E-state index is 0.178. The molecule has 2 heteroatoms. The highest BCUT2D eigenvalue weighted by Gasteiger charge is 2.08. The van der Waals surface area contributed by atoms with Gasteiger partial charge >= 0.3 is 0 Å². The molecule has 1 aromatic carbocycles. The summed E-state index contributed by atoms with van der Waals surface area (Å²) >= 11 is 0. The molecule has 1 rings (SSSR count). The smallest absolute Gasteiger partial charge is 0.123 e. The normalized spacial score (nSPS) is 14.0. The summed E-state index contributed by atoms with van der Waals surface area (Å²) in [7, 11) is 1.95. The molecule has 1 nitrogen and oxygen atoms in total. The molecule has 82 valence electrons. The Bertz CT molecular complexity index is 327. The fourth-order valence-electron chi connectivity index (χ4n) is 1.55. The molecule has 0 bridgehead atoms. The summed E-state index contributed by atoms with van der Waals surface area (Å²) in [4.78, 5) is 0. The van der Waals surface area contributed by atoms with Crippen molar-refractivity contribution in [2.75, 3.05) is 7.05 Å². The molecule has 1 aromatic rings. The Labute approximate surface area is 91.0 Å². The molecule has 1 atom stereocenters. The number of hydrogen-bond donors (Lipinski definition) is 1. The van der Waals surface area contributed by atoms with Crippen LogP contribution >= 0.6 is 0 Å². The third-order valence-corrected chi connectivity index (χ3v) is 2.71. The lowest BCUT2D eigenvalue weighted by molar-refractivity contribution is 0.617. The van der Waals surface area contributed by atoms with E-state index in [2.05, 4.69) is 18.3 Å². The van der Waals surface area contributed by atoms with Crippen molar-refractivity contribution in [3.8, 4) is 0 Å². The zero-order chi connectivity index (χ0) is 11.3.